The lowest BCUT2D eigenvalue weighted by Crippen LogP contribution is -2.02. The summed E-state index contributed by atoms with van der Waals surface area (Å²) in [7, 11) is 4.87. The largest absolute Gasteiger partial charge is 0.493 e. The van der Waals surface area contributed by atoms with Gasteiger partial charge in [0, 0.05) is 0 Å². The van der Waals surface area contributed by atoms with Gasteiger partial charge in [0.2, 0.25) is 5.75 Å². The van der Waals surface area contributed by atoms with Crippen molar-refractivity contribution in [1.29, 1.82) is 0 Å². The van der Waals surface area contributed by atoms with Crippen LogP contribution in [0.3, 0.4) is 0 Å². The molecular formula is C19H22O4. The van der Waals surface area contributed by atoms with E-state index in [1.807, 2.05) is 30.3 Å². The van der Waals surface area contributed by atoms with E-state index in [2.05, 4.69) is 12.1 Å². The summed E-state index contributed by atoms with van der Waals surface area (Å²) >= 11 is 0. The van der Waals surface area contributed by atoms with Gasteiger partial charge in [-0.15, -0.1) is 0 Å². The molecule has 1 heterocycles. The minimum Gasteiger partial charge on any atom is -0.493 e. The van der Waals surface area contributed by atoms with Crippen molar-refractivity contribution in [3.63, 3.8) is 0 Å². The second-order valence-electron chi connectivity index (χ2n) is 5.56. The Bertz CT molecular complexity index is 629. The number of hydrogen-bond acceptors (Lipinski definition) is 4. The topological polar surface area (TPSA) is 36.9 Å². The van der Waals surface area contributed by atoms with Crippen molar-refractivity contribution in [3.05, 3.63) is 53.6 Å². The molecule has 4 nitrogen and oxygen atoms in total. The predicted molar refractivity (Wildman–Crippen MR) is 88.3 cm³/mol. The lowest BCUT2D eigenvalue weighted by molar-refractivity contribution is 0.0438. The Hall–Kier alpha value is -2.20. The van der Waals surface area contributed by atoms with Gasteiger partial charge in [0.1, 0.15) is 0 Å². The summed E-state index contributed by atoms with van der Waals surface area (Å²) in [6.45, 7) is 0. The summed E-state index contributed by atoms with van der Waals surface area (Å²) in [5.41, 5.74) is 2.28. The monoisotopic (exact) mass is 314 g/mol. The third-order valence-corrected chi connectivity index (χ3v) is 4.25. The van der Waals surface area contributed by atoms with Crippen LogP contribution in [0.25, 0.3) is 0 Å². The van der Waals surface area contributed by atoms with Crippen LogP contribution in [0.2, 0.25) is 0 Å². The van der Waals surface area contributed by atoms with Crippen LogP contribution in [0, 0.1) is 0 Å². The highest BCUT2D eigenvalue weighted by atomic mass is 16.5. The molecule has 0 bridgehead atoms. The number of benzene rings is 2. The fourth-order valence-electron chi connectivity index (χ4n) is 3.08. The van der Waals surface area contributed by atoms with E-state index in [-0.39, 0.29) is 12.2 Å². The summed E-state index contributed by atoms with van der Waals surface area (Å²) in [5.74, 6) is 1.93. The summed E-state index contributed by atoms with van der Waals surface area (Å²) in [6.07, 6.45) is 2.15. The summed E-state index contributed by atoms with van der Waals surface area (Å²) in [4.78, 5) is 0. The van der Waals surface area contributed by atoms with E-state index in [1.54, 1.807) is 21.3 Å². The maximum atomic E-state index is 6.25. The van der Waals surface area contributed by atoms with Crippen molar-refractivity contribution >= 4 is 0 Å². The van der Waals surface area contributed by atoms with Gasteiger partial charge in [0.15, 0.2) is 11.5 Å². The van der Waals surface area contributed by atoms with Crippen LogP contribution in [0.15, 0.2) is 42.5 Å². The van der Waals surface area contributed by atoms with Gasteiger partial charge in [-0.25, -0.2) is 0 Å². The van der Waals surface area contributed by atoms with E-state index in [9.17, 15) is 0 Å². The Morgan fingerprint density at radius 2 is 1.35 bits per heavy atom. The quantitative estimate of drug-likeness (QED) is 0.824. The average Bonchev–Trinajstić information content (AvgIpc) is 3.11. The molecule has 0 N–H and O–H groups in total. The molecule has 122 valence electrons. The molecule has 1 fully saturated rings. The normalized spacial score (nSPS) is 20.3. The van der Waals surface area contributed by atoms with Crippen molar-refractivity contribution in [1.82, 2.24) is 0 Å². The van der Waals surface area contributed by atoms with Crippen LogP contribution in [-0.4, -0.2) is 21.3 Å². The number of hydrogen-bond donors (Lipinski definition) is 0. The molecule has 2 aromatic carbocycles. The second kappa shape index (κ2) is 6.92. The van der Waals surface area contributed by atoms with Gasteiger partial charge >= 0.3 is 0 Å². The molecule has 0 aliphatic carbocycles. The molecule has 2 aromatic rings. The second-order valence-corrected chi connectivity index (χ2v) is 5.56. The van der Waals surface area contributed by atoms with Crippen LogP contribution in [-0.2, 0) is 4.74 Å². The van der Waals surface area contributed by atoms with Gasteiger partial charge in [0.25, 0.3) is 0 Å². The average molecular weight is 314 g/mol. The fraction of sp³-hybridized carbons (Fsp3) is 0.368. The SMILES string of the molecule is COc1cc(C2CCC(c3ccccc3)O2)cc(OC)c1OC. The van der Waals surface area contributed by atoms with Crippen LogP contribution in [0.1, 0.15) is 36.2 Å². The van der Waals surface area contributed by atoms with Crippen molar-refractivity contribution in [2.24, 2.45) is 0 Å². The molecule has 23 heavy (non-hydrogen) atoms. The van der Waals surface area contributed by atoms with E-state index < -0.39 is 0 Å². The minimum atomic E-state index is 0.0360. The first-order valence-corrected chi connectivity index (χ1v) is 7.77. The van der Waals surface area contributed by atoms with Crippen LogP contribution >= 0.6 is 0 Å². The highest BCUT2D eigenvalue weighted by Crippen LogP contribution is 2.45. The summed E-state index contributed by atoms with van der Waals surface area (Å²) in [6, 6.07) is 14.3. The number of rotatable bonds is 5. The Balaban J connectivity index is 1.85. The van der Waals surface area contributed by atoms with Gasteiger partial charge < -0.3 is 18.9 Å². The van der Waals surface area contributed by atoms with Crippen molar-refractivity contribution in [3.8, 4) is 17.2 Å². The molecule has 2 unspecified atom stereocenters. The molecule has 4 heteroatoms. The van der Waals surface area contributed by atoms with Gasteiger partial charge in [-0.1, -0.05) is 30.3 Å². The molecule has 1 aliphatic heterocycles. The predicted octanol–water partition coefficient (Wildman–Crippen LogP) is 4.31. The third-order valence-electron chi connectivity index (χ3n) is 4.25. The summed E-state index contributed by atoms with van der Waals surface area (Å²) in [5, 5.41) is 0. The van der Waals surface area contributed by atoms with Gasteiger partial charge in [-0.3, -0.25) is 0 Å². The Labute approximate surface area is 136 Å². The zero-order chi connectivity index (χ0) is 16.2. The zero-order valence-corrected chi connectivity index (χ0v) is 13.7. The zero-order valence-electron chi connectivity index (χ0n) is 13.7. The molecular weight excluding hydrogens is 292 g/mol. The molecule has 1 saturated heterocycles. The van der Waals surface area contributed by atoms with Crippen LogP contribution in [0.5, 0.6) is 17.2 Å². The van der Waals surface area contributed by atoms with Gasteiger partial charge in [0.05, 0.1) is 33.5 Å². The standard InChI is InChI=1S/C19H22O4/c1-20-17-11-14(12-18(21-2)19(17)22-3)16-10-9-15(23-16)13-7-5-4-6-8-13/h4-8,11-12,15-16H,9-10H2,1-3H3. The Morgan fingerprint density at radius 1 is 0.783 bits per heavy atom. The first-order chi connectivity index (χ1) is 11.3. The third kappa shape index (κ3) is 3.13. The van der Waals surface area contributed by atoms with E-state index in [4.69, 9.17) is 18.9 Å². The van der Waals surface area contributed by atoms with E-state index in [0.29, 0.717) is 17.2 Å². The maximum Gasteiger partial charge on any atom is 0.203 e. The lowest BCUT2D eigenvalue weighted by Gasteiger charge is -2.18. The Kier molecular flexibility index (Phi) is 4.72. The van der Waals surface area contributed by atoms with E-state index >= 15 is 0 Å². The molecule has 0 spiro atoms. The van der Waals surface area contributed by atoms with E-state index in [1.165, 1.54) is 5.56 Å². The first kappa shape index (κ1) is 15.7. The molecule has 0 aromatic heterocycles. The molecule has 2 atom stereocenters. The highest BCUT2D eigenvalue weighted by Gasteiger charge is 2.29. The molecule has 0 amide bonds. The minimum absolute atomic E-state index is 0.0360. The van der Waals surface area contributed by atoms with Crippen LogP contribution < -0.4 is 14.2 Å². The van der Waals surface area contributed by atoms with Gasteiger partial charge in [-0.2, -0.15) is 0 Å². The van der Waals surface area contributed by atoms with Gasteiger partial charge in [-0.05, 0) is 36.1 Å². The fourth-order valence-corrected chi connectivity index (χ4v) is 3.08. The van der Waals surface area contributed by atoms with Crippen molar-refractivity contribution < 1.29 is 18.9 Å². The molecule has 1 aliphatic rings. The van der Waals surface area contributed by atoms with Crippen LogP contribution in [0.4, 0.5) is 0 Å². The van der Waals surface area contributed by atoms with Crippen molar-refractivity contribution in [2.45, 2.75) is 25.0 Å². The molecule has 3 rings (SSSR count). The van der Waals surface area contributed by atoms with E-state index in [0.717, 1.165) is 18.4 Å². The Morgan fingerprint density at radius 3 is 1.87 bits per heavy atom. The summed E-state index contributed by atoms with van der Waals surface area (Å²) < 4.78 is 22.5. The smallest absolute Gasteiger partial charge is 0.203 e. The highest BCUT2D eigenvalue weighted by molar-refractivity contribution is 5.54. The maximum absolute atomic E-state index is 6.25. The lowest BCUT2D eigenvalue weighted by atomic mass is 10.0. The molecule has 0 saturated carbocycles. The number of ether oxygens (including phenoxy) is 4. The number of methoxy groups -OCH3 is 3. The van der Waals surface area contributed by atoms with Crippen molar-refractivity contribution in [2.75, 3.05) is 21.3 Å². The first-order valence-electron chi connectivity index (χ1n) is 7.77. The molecule has 0 radical (unpaired) electrons.